The van der Waals surface area contributed by atoms with Gasteiger partial charge in [0, 0.05) is 0 Å². The third-order valence-corrected chi connectivity index (χ3v) is 3.95. The number of halogens is 1. The summed E-state index contributed by atoms with van der Waals surface area (Å²) in [5, 5.41) is 3.38. The second-order valence-corrected chi connectivity index (χ2v) is 5.99. The van der Waals surface area contributed by atoms with E-state index in [-0.39, 0.29) is 18.6 Å². The van der Waals surface area contributed by atoms with Gasteiger partial charge in [-0.05, 0) is 50.6 Å². The Labute approximate surface area is 159 Å². The molecule has 5 nitrogen and oxygen atoms in total. The zero-order chi connectivity index (χ0) is 18.9. The maximum atomic E-state index is 12.2. The Morgan fingerprint density at radius 3 is 2.38 bits per heavy atom. The second-order valence-electron chi connectivity index (χ2n) is 5.58. The van der Waals surface area contributed by atoms with Crippen LogP contribution in [0.4, 0.5) is 0 Å². The molecule has 0 spiro atoms. The SMILES string of the molecule is CCOc1ccc([C@H](C)NC(=O)COc2ccccc2Cl)cc1OCC. The van der Waals surface area contributed by atoms with Crippen LogP contribution in [0, 0.1) is 0 Å². The summed E-state index contributed by atoms with van der Waals surface area (Å²) in [5.41, 5.74) is 0.919. The minimum absolute atomic E-state index is 0.108. The Hall–Kier alpha value is -2.40. The predicted molar refractivity (Wildman–Crippen MR) is 102 cm³/mol. The van der Waals surface area contributed by atoms with Crippen LogP contribution in [0.25, 0.3) is 0 Å². The van der Waals surface area contributed by atoms with Crippen molar-refractivity contribution < 1.29 is 19.0 Å². The summed E-state index contributed by atoms with van der Waals surface area (Å²) < 4.78 is 16.6. The van der Waals surface area contributed by atoms with E-state index in [9.17, 15) is 4.79 Å². The molecule has 2 rings (SSSR count). The Morgan fingerprint density at radius 2 is 1.69 bits per heavy atom. The third kappa shape index (κ3) is 5.56. The molecule has 0 radical (unpaired) electrons. The van der Waals surface area contributed by atoms with E-state index >= 15 is 0 Å². The lowest BCUT2D eigenvalue weighted by Gasteiger charge is -2.18. The normalized spacial score (nSPS) is 11.5. The van der Waals surface area contributed by atoms with Crippen molar-refractivity contribution in [3.8, 4) is 17.2 Å². The van der Waals surface area contributed by atoms with Crippen molar-refractivity contribution in [1.29, 1.82) is 0 Å². The molecule has 6 heteroatoms. The summed E-state index contributed by atoms with van der Waals surface area (Å²) in [7, 11) is 0. The van der Waals surface area contributed by atoms with Gasteiger partial charge in [0.05, 0.1) is 24.3 Å². The lowest BCUT2D eigenvalue weighted by atomic mass is 10.1. The molecule has 0 fully saturated rings. The number of benzene rings is 2. The number of rotatable bonds is 9. The zero-order valence-electron chi connectivity index (χ0n) is 15.3. The van der Waals surface area contributed by atoms with Crippen molar-refractivity contribution in [2.24, 2.45) is 0 Å². The largest absolute Gasteiger partial charge is 0.490 e. The summed E-state index contributed by atoms with van der Waals surface area (Å²) >= 11 is 6.01. The molecule has 0 saturated carbocycles. The molecule has 0 heterocycles. The average molecular weight is 378 g/mol. The summed E-state index contributed by atoms with van der Waals surface area (Å²) in [5.74, 6) is 1.61. The van der Waals surface area contributed by atoms with Gasteiger partial charge in [-0.25, -0.2) is 0 Å². The van der Waals surface area contributed by atoms with Gasteiger partial charge in [0.1, 0.15) is 5.75 Å². The summed E-state index contributed by atoms with van der Waals surface area (Å²) in [6, 6.07) is 12.5. The van der Waals surface area contributed by atoms with Crippen molar-refractivity contribution in [1.82, 2.24) is 5.32 Å². The van der Waals surface area contributed by atoms with Crippen molar-refractivity contribution in [2.75, 3.05) is 19.8 Å². The van der Waals surface area contributed by atoms with Gasteiger partial charge in [0.15, 0.2) is 18.1 Å². The third-order valence-electron chi connectivity index (χ3n) is 3.64. The quantitative estimate of drug-likeness (QED) is 0.704. The van der Waals surface area contributed by atoms with Gasteiger partial charge in [0.2, 0.25) is 0 Å². The van der Waals surface area contributed by atoms with Crippen molar-refractivity contribution in [3.05, 3.63) is 53.1 Å². The molecule has 0 aromatic heterocycles. The first-order chi connectivity index (χ1) is 12.5. The van der Waals surface area contributed by atoms with Crippen LogP contribution in [0.2, 0.25) is 5.02 Å². The standard InChI is InChI=1S/C20H24ClNO4/c1-4-24-18-11-10-15(12-19(18)25-5-2)14(3)22-20(23)13-26-17-9-7-6-8-16(17)21/h6-12,14H,4-5,13H2,1-3H3,(H,22,23)/t14-/m0/s1. The van der Waals surface area contributed by atoms with E-state index in [0.29, 0.717) is 35.5 Å². The second kappa shape index (κ2) is 9.92. The number of carbonyl (C=O) groups excluding carboxylic acids is 1. The van der Waals surface area contributed by atoms with Crippen LogP contribution in [0.1, 0.15) is 32.4 Å². The van der Waals surface area contributed by atoms with E-state index in [1.165, 1.54) is 0 Å². The fourth-order valence-electron chi connectivity index (χ4n) is 2.41. The number of hydrogen-bond donors (Lipinski definition) is 1. The Balaban J connectivity index is 1.97. The maximum absolute atomic E-state index is 12.2. The number of para-hydroxylation sites is 1. The first-order valence-electron chi connectivity index (χ1n) is 8.61. The summed E-state index contributed by atoms with van der Waals surface area (Å²) in [6.45, 7) is 6.73. The van der Waals surface area contributed by atoms with Gasteiger partial charge >= 0.3 is 0 Å². The van der Waals surface area contributed by atoms with Crippen molar-refractivity contribution in [3.63, 3.8) is 0 Å². The molecular weight excluding hydrogens is 354 g/mol. The lowest BCUT2D eigenvalue weighted by molar-refractivity contribution is -0.123. The Morgan fingerprint density at radius 1 is 1.00 bits per heavy atom. The number of hydrogen-bond acceptors (Lipinski definition) is 4. The monoisotopic (exact) mass is 377 g/mol. The van der Waals surface area contributed by atoms with Crippen LogP contribution in [0.5, 0.6) is 17.2 Å². The van der Waals surface area contributed by atoms with Gasteiger partial charge in [-0.15, -0.1) is 0 Å². The zero-order valence-corrected chi connectivity index (χ0v) is 16.0. The average Bonchev–Trinajstić information content (AvgIpc) is 2.63. The first-order valence-corrected chi connectivity index (χ1v) is 8.99. The van der Waals surface area contributed by atoms with E-state index in [1.54, 1.807) is 24.3 Å². The molecular formula is C20H24ClNO4. The van der Waals surface area contributed by atoms with Gasteiger partial charge in [-0.2, -0.15) is 0 Å². The molecule has 0 unspecified atom stereocenters. The highest BCUT2D eigenvalue weighted by Crippen LogP contribution is 2.30. The van der Waals surface area contributed by atoms with E-state index in [4.69, 9.17) is 25.8 Å². The van der Waals surface area contributed by atoms with E-state index < -0.39 is 0 Å². The van der Waals surface area contributed by atoms with E-state index in [2.05, 4.69) is 5.32 Å². The Bertz CT molecular complexity index is 736. The van der Waals surface area contributed by atoms with Crippen LogP contribution in [0.15, 0.2) is 42.5 Å². The molecule has 1 amide bonds. The van der Waals surface area contributed by atoms with Gasteiger partial charge < -0.3 is 19.5 Å². The highest BCUT2D eigenvalue weighted by atomic mass is 35.5. The highest BCUT2D eigenvalue weighted by molar-refractivity contribution is 6.32. The molecule has 0 aliphatic carbocycles. The van der Waals surface area contributed by atoms with Crippen LogP contribution in [-0.2, 0) is 4.79 Å². The molecule has 2 aromatic rings. The Kier molecular flexibility index (Phi) is 7.60. The van der Waals surface area contributed by atoms with Crippen molar-refractivity contribution in [2.45, 2.75) is 26.8 Å². The molecule has 1 N–H and O–H groups in total. The smallest absolute Gasteiger partial charge is 0.258 e. The first kappa shape index (κ1) is 19.9. The molecule has 0 bridgehead atoms. The van der Waals surface area contributed by atoms with Crippen LogP contribution < -0.4 is 19.5 Å². The minimum atomic E-state index is -0.232. The molecule has 26 heavy (non-hydrogen) atoms. The minimum Gasteiger partial charge on any atom is -0.490 e. The topological polar surface area (TPSA) is 56.8 Å². The number of carbonyl (C=O) groups is 1. The van der Waals surface area contributed by atoms with Gasteiger partial charge in [-0.3, -0.25) is 4.79 Å². The molecule has 0 saturated heterocycles. The molecule has 140 valence electrons. The van der Waals surface area contributed by atoms with Crippen LogP contribution in [-0.4, -0.2) is 25.7 Å². The number of amides is 1. The van der Waals surface area contributed by atoms with E-state index in [0.717, 1.165) is 5.56 Å². The number of nitrogens with one attached hydrogen (secondary N) is 1. The molecule has 0 aliphatic rings. The molecule has 0 aliphatic heterocycles. The molecule has 2 aromatic carbocycles. The fourth-order valence-corrected chi connectivity index (χ4v) is 2.60. The van der Waals surface area contributed by atoms with Crippen LogP contribution in [0.3, 0.4) is 0 Å². The van der Waals surface area contributed by atoms with Gasteiger partial charge in [-0.1, -0.05) is 29.8 Å². The van der Waals surface area contributed by atoms with Crippen molar-refractivity contribution >= 4 is 17.5 Å². The van der Waals surface area contributed by atoms with E-state index in [1.807, 2.05) is 39.0 Å². The number of ether oxygens (including phenoxy) is 3. The molecule has 1 atom stereocenters. The summed E-state index contributed by atoms with van der Waals surface area (Å²) in [6.07, 6.45) is 0. The van der Waals surface area contributed by atoms with Gasteiger partial charge in [0.25, 0.3) is 5.91 Å². The van der Waals surface area contributed by atoms with Crippen LogP contribution >= 0.6 is 11.6 Å². The summed E-state index contributed by atoms with van der Waals surface area (Å²) in [4.78, 5) is 12.2. The highest BCUT2D eigenvalue weighted by Gasteiger charge is 2.14. The predicted octanol–water partition coefficient (Wildman–Crippen LogP) is 4.39. The lowest BCUT2D eigenvalue weighted by Crippen LogP contribution is -2.31. The fraction of sp³-hybridized carbons (Fsp3) is 0.350. The maximum Gasteiger partial charge on any atom is 0.258 e.